The van der Waals surface area contributed by atoms with Gasteiger partial charge in [-0.25, -0.2) is 9.97 Å². The van der Waals surface area contributed by atoms with Crippen molar-refractivity contribution in [2.24, 2.45) is 0 Å². The number of benzene rings is 6. The van der Waals surface area contributed by atoms with Crippen LogP contribution in [0.5, 0.6) is 0 Å². The highest BCUT2D eigenvalue weighted by Crippen LogP contribution is 2.41. The fourth-order valence-corrected chi connectivity index (χ4v) is 9.75. The molecule has 0 fully saturated rings. The fraction of sp³-hybridized carbons (Fsp3) is 0.115. The summed E-state index contributed by atoms with van der Waals surface area (Å²) in [6.07, 6.45) is 0. The third kappa shape index (κ3) is 5.60. The monoisotopic (exact) mass is 734 g/mol. The summed E-state index contributed by atoms with van der Waals surface area (Å²) >= 11 is 0. The normalized spacial score (nSPS) is 11.7. The standard InChI is InChI=1S/C52H43BN4/c1-32-28-34(3)49(35(4)29-32)53(50-36(5)30-33(2)31-37(50)6)46-23-15-25-48(55-46)57-45-22-13-11-19-40(45)42-27-26-41-39-18-10-12-21-44(39)56(51(41)52(42)57)47-24-14-20-43(54-47)38-16-8-7-9-17-38/h7-31H,1-6H3. The van der Waals surface area contributed by atoms with E-state index in [-0.39, 0.29) is 6.71 Å². The van der Waals surface area contributed by atoms with Crippen LogP contribution in [0.3, 0.4) is 0 Å². The second-order valence-electron chi connectivity index (χ2n) is 15.8. The number of hydrogen-bond donors (Lipinski definition) is 0. The van der Waals surface area contributed by atoms with E-state index >= 15 is 0 Å². The maximum absolute atomic E-state index is 5.73. The summed E-state index contributed by atoms with van der Waals surface area (Å²) in [6, 6.07) is 54.7. The van der Waals surface area contributed by atoms with Crippen LogP contribution in [0.15, 0.2) is 152 Å². The molecule has 0 unspecified atom stereocenters. The predicted octanol–water partition coefficient (Wildman–Crippen LogP) is 10.7. The van der Waals surface area contributed by atoms with Crippen molar-refractivity contribution in [1.82, 2.24) is 19.1 Å². The van der Waals surface area contributed by atoms with Gasteiger partial charge in [0.25, 0.3) is 6.71 Å². The van der Waals surface area contributed by atoms with Crippen molar-refractivity contribution in [2.75, 3.05) is 0 Å². The number of aromatic nitrogens is 4. The Hall–Kier alpha value is -6.72. The highest BCUT2D eigenvalue weighted by atomic mass is 15.1. The molecule has 10 aromatic rings. The minimum absolute atomic E-state index is 0.0457. The van der Waals surface area contributed by atoms with Crippen molar-refractivity contribution in [1.29, 1.82) is 0 Å². The minimum Gasteiger partial charge on any atom is -0.292 e. The largest absolute Gasteiger partial charge is 0.292 e. The van der Waals surface area contributed by atoms with Crippen molar-refractivity contribution in [3.63, 3.8) is 0 Å². The lowest BCUT2D eigenvalue weighted by Gasteiger charge is -2.24. The molecule has 274 valence electrons. The molecule has 0 atom stereocenters. The SMILES string of the molecule is Cc1cc(C)c(B(c2cccc(-n3c4ccccc4c4ccc5c6ccccc6n(-c6cccc(-c7ccccc7)n6)c5c43)n2)c2c(C)cc(C)cc2C)c(C)c1. The zero-order valence-corrected chi connectivity index (χ0v) is 33.3. The van der Waals surface area contributed by atoms with Gasteiger partial charge < -0.3 is 0 Å². The van der Waals surface area contributed by atoms with Crippen LogP contribution in [0.2, 0.25) is 0 Å². The van der Waals surface area contributed by atoms with Gasteiger partial charge in [0.05, 0.1) is 27.8 Å². The summed E-state index contributed by atoms with van der Waals surface area (Å²) in [5, 5.41) is 4.74. The molecule has 0 spiro atoms. The van der Waals surface area contributed by atoms with E-state index in [1.54, 1.807) is 0 Å². The average molecular weight is 735 g/mol. The van der Waals surface area contributed by atoms with E-state index in [0.29, 0.717) is 0 Å². The molecule has 0 saturated carbocycles. The molecule has 0 aliphatic rings. The molecule has 0 amide bonds. The number of hydrogen-bond acceptors (Lipinski definition) is 2. The third-order valence-electron chi connectivity index (χ3n) is 11.8. The van der Waals surface area contributed by atoms with Crippen LogP contribution in [0.25, 0.3) is 66.5 Å². The van der Waals surface area contributed by atoms with Crippen molar-refractivity contribution in [2.45, 2.75) is 41.5 Å². The number of para-hydroxylation sites is 2. The van der Waals surface area contributed by atoms with Gasteiger partial charge in [0.2, 0.25) is 0 Å². The minimum atomic E-state index is -0.0457. The quantitative estimate of drug-likeness (QED) is 0.160. The summed E-state index contributed by atoms with van der Waals surface area (Å²) in [5.74, 6) is 1.77. The van der Waals surface area contributed by atoms with Crippen LogP contribution in [-0.4, -0.2) is 25.8 Å². The summed E-state index contributed by atoms with van der Waals surface area (Å²) in [4.78, 5) is 11.1. The molecule has 0 aliphatic carbocycles. The van der Waals surface area contributed by atoms with Crippen LogP contribution < -0.4 is 16.5 Å². The molecule has 0 bridgehead atoms. The lowest BCUT2D eigenvalue weighted by molar-refractivity contribution is 1.06. The molecular formula is C52H43BN4. The lowest BCUT2D eigenvalue weighted by atomic mass is 9.35. The second-order valence-corrected chi connectivity index (χ2v) is 15.8. The smallest absolute Gasteiger partial charge is 0.266 e. The first-order chi connectivity index (χ1) is 27.8. The Morgan fingerprint density at radius 2 is 0.860 bits per heavy atom. The highest BCUT2D eigenvalue weighted by molar-refractivity contribution is 6.96. The second kappa shape index (κ2) is 13.5. The van der Waals surface area contributed by atoms with Crippen molar-refractivity contribution < 1.29 is 0 Å². The van der Waals surface area contributed by atoms with Crippen LogP contribution >= 0.6 is 0 Å². The molecule has 0 saturated heterocycles. The number of fused-ring (bicyclic) bond motifs is 7. The molecule has 0 radical (unpaired) electrons. The van der Waals surface area contributed by atoms with Gasteiger partial charge in [-0.1, -0.05) is 160 Å². The molecule has 10 rings (SSSR count). The molecule has 6 aromatic carbocycles. The fourth-order valence-electron chi connectivity index (χ4n) is 9.75. The highest BCUT2D eigenvalue weighted by Gasteiger charge is 2.31. The first kappa shape index (κ1) is 34.8. The van der Waals surface area contributed by atoms with Gasteiger partial charge in [-0.3, -0.25) is 9.13 Å². The van der Waals surface area contributed by atoms with E-state index in [1.165, 1.54) is 65.9 Å². The van der Waals surface area contributed by atoms with E-state index in [0.717, 1.165) is 50.6 Å². The van der Waals surface area contributed by atoms with Crippen molar-refractivity contribution >= 4 is 66.8 Å². The van der Waals surface area contributed by atoms with Gasteiger partial charge >= 0.3 is 0 Å². The average Bonchev–Trinajstić information content (AvgIpc) is 3.73. The first-order valence-electron chi connectivity index (χ1n) is 19.9. The van der Waals surface area contributed by atoms with Crippen molar-refractivity contribution in [3.8, 4) is 22.9 Å². The molecule has 0 N–H and O–H groups in total. The summed E-state index contributed by atoms with van der Waals surface area (Å²) in [5.41, 5.74) is 17.9. The summed E-state index contributed by atoms with van der Waals surface area (Å²) in [6.45, 7) is 13.4. The van der Waals surface area contributed by atoms with Crippen LogP contribution in [0.4, 0.5) is 0 Å². The number of aryl methyl sites for hydroxylation is 6. The Morgan fingerprint density at radius 1 is 0.404 bits per heavy atom. The number of pyridine rings is 2. The predicted molar refractivity (Wildman–Crippen MR) is 242 cm³/mol. The van der Waals surface area contributed by atoms with E-state index in [4.69, 9.17) is 9.97 Å². The molecule has 57 heavy (non-hydrogen) atoms. The van der Waals surface area contributed by atoms with Gasteiger partial charge in [-0.2, -0.15) is 0 Å². The Bertz CT molecular complexity index is 3100. The van der Waals surface area contributed by atoms with Crippen LogP contribution in [0, 0.1) is 41.5 Å². The molecule has 0 aliphatic heterocycles. The van der Waals surface area contributed by atoms with Crippen LogP contribution in [0.1, 0.15) is 33.4 Å². The van der Waals surface area contributed by atoms with E-state index in [1.807, 2.05) is 6.07 Å². The van der Waals surface area contributed by atoms with Gasteiger partial charge in [0.15, 0.2) is 0 Å². The Kier molecular flexibility index (Phi) is 8.23. The van der Waals surface area contributed by atoms with Gasteiger partial charge in [-0.05, 0) is 77.9 Å². The van der Waals surface area contributed by atoms with Crippen molar-refractivity contribution in [3.05, 3.63) is 185 Å². The molecule has 4 nitrogen and oxygen atoms in total. The zero-order valence-electron chi connectivity index (χ0n) is 33.3. The van der Waals surface area contributed by atoms with Gasteiger partial charge in [0, 0.05) is 32.7 Å². The van der Waals surface area contributed by atoms with E-state index in [2.05, 4.69) is 196 Å². The zero-order chi connectivity index (χ0) is 38.9. The van der Waals surface area contributed by atoms with Crippen LogP contribution in [-0.2, 0) is 0 Å². The number of nitrogens with zero attached hydrogens (tertiary/aromatic N) is 4. The molecule has 4 aromatic heterocycles. The Morgan fingerprint density at radius 3 is 1.39 bits per heavy atom. The van der Waals surface area contributed by atoms with E-state index in [9.17, 15) is 0 Å². The molecule has 4 heterocycles. The Balaban J connectivity index is 1.30. The molecular weight excluding hydrogens is 691 g/mol. The van der Waals surface area contributed by atoms with E-state index < -0.39 is 0 Å². The lowest BCUT2D eigenvalue weighted by Crippen LogP contribution is -2.57. The molecule has 5 heteroatoms. The van der Waals surface area contributed by atoms with Gasteiger partial charge in [0.1, 0.15) is 11.6 Å². The third-order valence-corrected chi connectivity index (χ3v) is 11.8. The first-order valence-corrected chi connectivity index (χ1v) is 19.9. The maximum atomic E-state index is 5.73. The maximum Gasteiger partial charge on any atom is 0.266 e. The Labute approximate surface area is 334 Å². The topological polar surface area (TPSA) is 35.6 Å². The summed E-state index contributed by atoms with van der Waals surface area (Å²) < 4.78 is 4.76. The van der Waals surface area contributed by atoms with Gasteiger partial charge in [-0.15, -0.1) is 0 Å². The number of rotatable bonds is 6. The summed E-state index contributed by atoms with van der Waals surface area (Å²) in [7, 11) is 0.